The van der Waals surface area contributed by atoms with E-state index in [9.17, 15) is 27.6 Å². The molecule has 3 rings (SSSR count). The van der Waals surface area contributed by atoms with Crippen LogP contribution < -0.4 is 10.6 Å². The van der Waals surface area contributed by atoms with Crippen LogP contribution in [0.1, 0.15) is 32.1 Å². The van der Waals surface area contributed by atoms with Crippen LogP contribution in [0.4, 0.5) is 13.2 Å². The van der Waals surface area contributed by atoms with Gasteiger partial charge in [0, 0.05) is 26.0 Å². The molecule has 2 amide bonds. The molecular weight excluding hydrogens is 477 g/mol. The lowest BCUT2D eigenvalue weighted by Crippen LogP contribution is -2.67. The van der Waals surface area contributed by atoms with Gasteiger partial charge in [-0.3, -0.25) is 14.4 Å². The standard InChI is InChI=1S/C22H27F3N2O8/c1-12(28)27-16-18(33-13(2)29)17-15(11-32-19(35-17)14-7-4-3-5-8-14)34-20(16)31-10-6-9-26-21(30)22(23,24)25/h3-5,7-8,15-20H,6,9-11H2,1-2H3,(H,26,30)(H,27,28)/t15-,16-,17-,18-,19-,20-/m1/s1. The van der Waals surface area contributed by atoms with Gasteiger partial charge in [-0.25, -0.2) is 0 Å². The van der Waals surface area contributed by atoms with Gasteiger partial charge < -0.3 is 34.3 Å². The number of ether oxygens (including phenoxy) is 5. The highest BCUT2D eigenvalue weighted by Crippen LogP contribution is 2.35. The molecule has 10 nitrogen and oxygen atoms in total. The molecule has 2 aliphatic heterocycles. The summed E-state index contributed by atoms with van der Waals surface area (Å²) in [5, 5.41) is 4.39. The highest BCUT2D eigenvalue weighted by molar-refractivity contribution is 5.81. The van der Waals surface area contributed by atoms with E-state index in [-0.39, 0.29) is 26.2 Å². The van der Waals surface area contributed by atoms with Gasteiger partial charge in [0.25, 0.3) is 0 Å². The van der Waals surface area contributed by atoms with E-state index in [1.54, 1.807) is 5.32 Å². The second kappa shape index (κ2) is 11.8. The third-order valence-corrected chi connectivity index (χ3v) is 5.23. The number of carbonyl (C=O) groups excluding carboxylic acids is 3. The van der Waals surface area contributed by atoms with Crippen molar-refractivity contribution < 1.29 is 51.2 Å². The second-order valence-electron chi connectivity index (χ2n) is 8.00. The van der Waals surface area contributed by atoms with Crippen molar-refractivity contribution in [3.05, 3.63) is 35.9 Å². The predicted octanol–water partition coefficient (Wildman–Crippen LogP) is 1.35. The first-order valence-electron chi connectivity index (χ1n) is 10.9. The van der Waals surface area contributed by atoms with E-state index in [2.05, 4.69) is 5.32 Å². The summed E-state index contributed by atoms with van der Waals surface area (Å²) in [5.41, 5.74) is 0.739. The Morgan fingerprint density at radius 2 is 1.83 bits per heavy atom. The van der Waals surface area contributed by atoms with Crippen molar-refractivity contribution in [2.45, 2.75) is 63.4 Å². The molecule has 1 aromatic rings. The fourth-order valence-corrected chi connectivity index (χ4v) is 3.79. The third kappa shape index (κ3) is 7.37. The number of benzene rings is 1. The summed E-state index contributed by atoms with van der Waals surface area (Å²) in [4.78, 5) is 34.7. The summed E-state index contributed by atoms with van der Waals surface area (Å²) in [7, 11) is 0. The lowest BCUT2D eigenvalue weighted by atomic mass is 9.95. The number of nitrogens with one attached hydrogen (secondary N) is 2. The van der Waals surface area contributed by atoms with Crippen molar-refractivity contribution in [3.63, 3.8) is 0 Å². The maximum absolute atomic E-state index is 12.3. The molecule has 0 saturated carbocycles. The fraction of sp³-hybridized carbons (Fsp3) is 0.591. The predicted molar refractivity (Wildman–Crippen MR) is 111 cm³/mol. The first kappa shape index (κ1) is 26.9. The van der Waals surface area contributed by atoms with Crippen LogP contribution in [0.5, 0.6) is 0 Å². The van der Waals surface area contributed by atoms with E-state index < -0.39 is 60.9 Å². The molecule has 194 valence electrons. The maximum atomic E-state index is 12.3. The number of amides is 2. The molecule has 0 bridgehead atoms. The van der Waals surface area contributed by atoms with Gasteiger partial charge in [0.1, 0.15) is 18.2 Å². The Morgan fingerprint density at radius 1 is 1.11 bits per heavy atom. The normalized spacial score (nSPS) is 28.5. The Kier molecular flexibility index (Phi) is 9.05. The summed E-state index contributed by atoms with van der Waals surface area (Å²) in [5.74, 6) is -3.12. The van der Waals surface area contributed by atoms with Gasteiger partial charge in [0.15, 0.2) is 18.7 Å². The number of esters is 1. The molecule has 2 aliphatic rings. The molecule has 0 radical (unpaired) electrons. The smallest absolute Gasteiger partial charge is 0.457 e. The molecule has 0 spiro atoms. The van der Waals surface area contributed by atoms with Gasteiger partial charge >= 0.3 is 18.1 Å². The monoisotopic (exact) mass is 504 g/mol. The maximum Gasteiger partial charge on any atom is 0.471 e. The Bertz CT molecular complexity index is 885. The van der Waals surface area contributed by atoms with Gasteiger partial charge in [-0.1, -0.05) is 30.3 Å². The first-order valence-corrected chi connectivity index (χ1v) is 10.9. The Hall–Kier alpha value is -2.74. The van der Waals surface area contributed by atoms with Crippen molar-refractivity contribution in [2.24, 2.45) is 0 Å². The summed E-state index contributed by atoms with van der Waals surface area (Å²) < 4.78 is 65.8. The van der Waals surface area contributed by atoms with E-state index in [0.29, 0.717) is 0 Å². The summed E-state index contributed by atoms with van der Waals surface area (Å²) in [6.07, 6.45) is -9.35. The summed E-state index contributed by atoms with van der Waals surface area (Å²) in [6.45, 7) is 2.13. The number of rotatable bonds is 8. The minimum atomic E-state index is -4.98. The van der Waals surface area contributed by atoms with E-state index in [1.165, 1.54) is 13.8 Å². The topological polar surface area (TPSA) is 121 Å². The van der Waals surface area contributed by atoms with Crippen LogP contribution in [0, 0.1) is 0 Å². The van der Waals surface area contributed by atoms with Crippen molar-refractivity contribution in [1.29, 1.82) is 0 Å². The number of carbonyl (C=O) groups is 3. The van der Waals surface area contributed by atoms with E-state index in [0.717, 1.165) is 5.56 Å². The zero-order valence-electron chi connectivity index (χ0n) is 19.1. The van der Waals surface area contributed by atoms with Gasteiger partial charge in [0.05, 0.1) is 13.2 Å². The number of hydrogen-bond donors (Lipinski definition) is 2. The summed E-state index contributed by atoms with van der Waals surface area (Å²) >= 11 is 0. The van der Waals surface area contributed by atoms with Crippen molar-refractivity contribution >= 4 is 17.8 Å². The van der Waals surface area contributed by atoms with Crippen LogP contribution in [0.25, 0.3) is 0 Å². The minimum absolute atomic E-state index is 0.0316. The molecule has 0 aliphatic carbocycles. The van der Waals surface area contributed by atoms with E-state index in [4.69, 9.17) is 23.7 Å². The van der Waals surface area contributed by atoms with Crippen molar-refractivity contribution in [1.82, 2.24) is 10.6 Å². The lowest BCUT2D eigenvalue weighted by Gasteiger charge is -2.48. The lowest BCUT2D eigenvalue weighted by molar-refractivity contribution is -0.344. The van der Waals surface area contributed by atoms with Crippen LogP contribution in [-0.4, -0.2) is 74.4 Å². The quantitative estimate of drug-likeness (QED) is 0.402. The second-order valence-corrected chi connectivity index (χ2v) is 8.00. The number of halogens is 3. The molecule has 2 N–H and O–H groups in total. The SMILES string of the molecule is CC(=O)N[C@H]1[C@H](OCCCNC(=O)C(F)(F)F)O[C@@H]2CO[C@@H](c3ccccc3)O[C@H]2[C@@H]1OC(C)=O. The highest BCUT2D eigenvalue weighted by Gasteiger charge is 2.52. The molecule has 35 heavy (non-hydrogen) atoms. The Morgan fingerprint density at radius 3 is 2.46 bits per heavy atom. The van der Waals surface area contributed by atoms with Gasteiger partial charge in [-0.2, -0.15) is 13.2 Å². The Labute approximate surface area is 199 Å². The van der Waals surface area contributed by atoms with Crippen LogP contribution in [-0.2, 0) is 38.1 Å². The summed E-state index contributed by atoms with van der Waals surface area (Å²) in [6, 6.07) is 8.11. The third-order valence-electron chi connectivity index (χ3n) is 5.23. The first-order chi connectivity index (χ1) is 16.6. The van der Waals surface area contributed by atoms with Crippen molar-refractivity contribution in [2.75, 3.05) is 19.8 Å². The minimum Gasteiger partial charge on any atom is -0.457 e. The van der Waals surface area contributed by atoms with Crippen molar-refractivity contribution in [3.8, 4) is 0 Å². The van der Waals surface area contributed by atoms with Crippen LogP contribution in [0.3, 0.4) is 0 Å². The molecular formula is C22H27F3N2O8. The average molecular weight is 504 g/mol. The number of hydrogen-bond acceptors (Lipinski definition) is 8. The number of alkyl halides is 3. The van der Waals surface area contributed by atoms with E-state index >= 15 is 0 Å². The zero-order chi connectivity index (χ0) is 25.6. The number of fused-ring (bicyclic) bond motifs is 1. The molecule has 2 heterocycles. The molecule has 0 unspecified atom stereocenters. The molecule has 6 atom stereocenters. The van der Waals surface area contributed by atoms with Crippen LogP contribution in [0.2, 0.25) is 0 Å². The molecule has 1 aromatic carbocycles. The largest absolute Gasteiger partial charge is 0.471 e. The molecule has 13 heteroatoms. The van der Waals surface area contributed by atoms with Gasteiger partial charge in [-0.15, -0.1) is 0 Å². The zero-order valence-corrected chi connectivity index (χ0v) is 19.1. The van der Waals surface area contributed by atoms with E-state index in [1.807, 2.05) is 30.3 Å². The average Bonchev–Trinajstić information content (AvgIpc) is 2.79. The fourth-order valence-electron chi connectivity index (χ4n) is 3.79. The van der Waals surface area contributed by atoms with Gasteiger partial charge in [0.2, 0.25) is 5.91 Å². The Balaban J connectivity index is 1.69. The van der Waals surface area contributed by atoms with Gasteiger partial charge in [-0.05, 0) is 6.42 Å². The van der Waals surface area contributed by atoms with Crippen LogP contribution >= 0.6 is 0 Å². The highest BCUT2D eigenvalue weighted by atomic mass is 19.4. The van der Waals surface area contributed by atoms with Crippen LogP contribution in [0.15, 0.2) is 30.3 Å². The molecule has 2 fully saturated rings. The molecule has 0 aromatic heterocycles. The molecule has 2 saturated heterocycles.